The number of hydrogen-bond acceptors (Lipinski definition) is 8. The monoisotopic (exact) mass is 494 g/mol. The van der Waals surface area contributed by atoms with Crippen LogP contribution in [0.4, 0.5) is 5.69 Å². The number of nitro benzene ring substituents is 1. The van der Waals surface area contributed by atoms with Crippen molar-refractivity contribution in [2.45, 2.75) is 18.8 Å². The summed E-state index contributed by atoms with van der Waals surface area (Å²) >= 11 is 0. The van der Waals surface area contributed by atoms with Gasteiger partial charge in [0.05, 0.1) is 24.7 Å². The van der Waals surface area contributed by atoms with Crippen molar-refractivity contribution in [1.29, 1.82) is 0 Å². The number of nitrogens with zero attached hydrogens (tertiary/aromatic N) is 4. The van der Waals surface area contributed by atoms with Gasteiger partial charge in [-0.3, -0.25) is 29.0 Å². The molecule has 0 amide bonds. The third-order valence-corrected chi connectivity index (χ3v) is 6.53. The molecule has 3 aromatic rings. The summed E-state index contributed by atoms with van der Waals surface area (Å²) in [6, 6.07) is 9.71. The second kappa shape index (κ2) is 9.68. The van der Waals surface area contributed by atoms with E-state index in [4.69, 9.17) is 9.47 Å². The normalized spacial score (nSPS) is 13.5. The Balaban J connectivity index is 1.96. The van der Waals surface area contributed by atoms with Crippen molar-refractivity contribution >= 4 is 11.4 Å². The molecule has 1 aliphatic heterocycles. The zero-order chi connectivity index (χ0) is 26.1. The molecule has 0 saturated heterocycles. The van der Waals surface area contributed by atoms with Gasteiger partial charge in [-0.15, -0.1) is 0 Å². The lowest BCUT2D eigenvalue weighted by Gasteiger charge is -2.24. The first-order chi connectivity index (χ1) is 17.2. The molecule has 1 unspecified atom stereocenters. The van der Waals surface area contributed by atoms with Gasteiger partial charge in [0.15, 0.2) is 11.5 Å². The first-order valence-electron chi connectivity index (χ1n) is 11.2. The van der Waals surface area contributed by atoms with Gasteiger partial charge in [0.25, 0.3) is 11.2 Å². The number of ether oxygens (including phenoxy) is 2. The summed E-state index contributed by atoms with van der Waals surface area (Å²) in [5.41, 5.74) is 0.771. The highest BCUT2D eigenvalue weighted by molar-refractivity contribution is 6.04. The fraction of sp³-hybridized carbons (Fsp3) is 0.320. The van der Waals surface area contributed by atoms with E-state index in [-0.39, 0.29) is 23.2 Å². The van der Waals surface area contributed by atoms with E-state index < -0.39 is 28.0 Å². The molecule has 0 fully saturated rings. The number of nitro groups is 1. The van der Waals surface area contributed by atoms with E-state index in [1.807, 2.05) is 6.07 Å². The van der Waals surface area contributed by atoms with Crippen LogP contribution in [0.1, 0.15) is 34.6 Å². The lowest BCUT2D eigenvalue weighted by molar-refractivity contribution is -0.385. The molecule has 0 saturated carbocycles. The van der Waals surface area contributed by atoms with Crippen LogP contribution in [-0.2, 0) is 20.5 Å². The molecule has 2 heterocycles. The third-order valence-electron chi connectivity index (χ3n) is 6.53. The molecule has 188 valence electrons. The number of rotatable bonds is 7. The summed E-state index contributed by atoms with van der Waals surface area (Å²) < 4.78 is 12.7. The number of para-hydroxylation sites is 1. The highest BCUT2D eigenvalue weighted by atomic mass is 16.6. The van der Waals surface area contributed by atoms with Crippen molar-refractivity contribution < 1.29 is 19.5 Å². The number of hydrogen-bond donors (Lipinski definition) is 1. The summed E-state index contributed by atoms with van der Waals surface area (Å²) in [6.07, 6.45) is 0.719. The molecule has 1 aliphatic rings. The molecule has 36 heavy (non-hydrogen) atoms. The zero-order valence-corrected chi connectivity index (χ0v) is 20.3. The molecular formula is C25H26N4O7. The Morgan fingerprint density at radius 3 is 2.44 bits per heavy atom. The van der Waals surface area contributed by atoms with Gasteiger partial charge in [-0.25, -0.2) is 4.79 Å². The second-order valence-corrected chi connectivity index (χ2v) is 8.46. The Morgan fingerprint density at radius 1 is 1.11 bits per heavy atom. The Bertz CT molecular complexity index is 1500. The van der Waals surface area contributed by atoms with Crippen LogP contribution < -0.4 is 20.7 Å². The molecule has 11 heteroatoms. The summed E-state index contributed by atoms with van der Waals surface area (Å²) in [6.45, 7) is 0.471. The molecule has 0 bridgehead atoms. The number of benzene rings is 2. The van der Waals surface area contributed by atoms with E-state index in [1.165, 1.54) is 33.3 Å². The minimum atomic E-state index is -0.963. The smallest absolute Gasteiger partial charge is 0.333 e. The van der Waals surface area contributed by atoms with Crippen molar-refractivity contribution in [3.63, 3.8) is 0 Å². The van der Waals surface area contributed by atoms with Crippen LogP contribution in [0.25, 0.3) is 0 Å². The van der Waals surface area contributed by atoms with Crippen LogP contribution in [0.5, 0.6) is 17.4 Å². The molecule has 2 aromatic carbocycles. The van der Waals surface area contributed by atoms with Crippen LogP contribution in [-0.4, -0.2) is 45.6 Å². The topological polar surface area (TPSA) is 138 Å². The zero-order valence-electron chi connectivity index (χ0n) is 20.3. The number of fused-ring (bicyclic) bond motifs is 1. The summed E-state index contributed by atoms with van der Waals surface area (Å²) in [5, 5.41) is 22.8. The number of aromatic nitrogens is 2. The van der Waals surface area contributed by atoms with E-state index in [0.29, 0.717) is 30.2 Å². The van der Waals surface area contributed by atoms with Crippen LogP contribution in [0.2, 0.25) is 0 Å². The van der Waals surface area contributed by atoms with E-state index in [1.54, 1.807) is 25.3 Å². The molecule has 4 rings (SSSR count). The van der Waals surface area contributed by atoms with Crippen molar-refractivity contribution in [2.24, 2.45) is 19.1 Å². The first-order valence-corrected chi connectivity index (χ1v) is 11.2. The maximum atomic E-state index is 13.3. The van der Waals surface area contributed by atoms with E-state index in [9.17, 15) is 24.8 Å². The van der Waals surface area contributed by atoms with Crippen LogP contribution >= 0.6 is 0 Å². The van der Waals surface area contributed by atoms with Gasteiger partial charge >= 0.3 is 5.69 Å². The Kier molecular flexibility index (Phi) is 6.65. The van der Waals surface area contributed by atoms with Gasteiger partial charge in [-0.2, -0.15) is 0 Å². The lowest BCUT2D eigenvalue weighted by Crippen LogP contribution is -2.40. The van der Waals surface area contributed by atoms with Gasteiger partial charge in [-0.1, -0.05) is 18.2 Å². The number of methoxy groups -OCH3 is 2. The van der Waals surface area contributed by atoms with Crippen molar-refractivity contribution in [3.8, 4) is 17.4 Å². The van der Waals surface area contributed by atoms with Crippen molar-refractivity contribution in [1.82, 2.24) is 9.13 Å². The lowest BCUT2D eigenvalue weighted by atomic mass is 9.83. The third kappa shape index (κ3) is 4.12. The molecule has 1 atom stereocenters. The van der Waals surface area contributed by atoms with Crippen molar-refractivity contribution in [2.75, 3.05) is 20.8 Å². The SMILES string of the molecule is COc1cc2c(cc1OC)C(CC(c1ccccc1[N+](=O)[O-])c1c(O)n(C)c(=O)n(C)c1=O)=NCC2. The molecule has 0 radical (unpaired) electrons. The average Bonchev–Trinajstić information content (AvgIpc) is 2.89. The molecule has 11 nitrogen and oxygen atoms in total. The van der Waals surface area contributed by atoms with E-state index in [2.05, 4.69) is 4.99 Å². The number of aliphatic imine (C=N–C) groups is 1. The maximum absolute atomic E-state index is 13.3. The predicted molar refractivity (Wildman–Crippen MR) is 133 cm³/mol. The van der Waals surface area contributed by atoms with E-state index in [0.717, 1.165) is 20.3 Å². The van der Waals surface area contributed by atoms with Gasteiger partial charge in [-0.05, 0) is 24.1 Å². The van der Waals surface area contributed by atoms with Crippen LogP contribution in [0.15, 0.2) is 51.0 Å². The predicted octanol–water partition coefficient (Wildman–Crippen LogP) is 2.28. The highest BCUT2D eigenvalue weighted by Gasteiger charge is 2.32. The minimum absolute atomic E-state index is 0.0638. The van der Waals surface area contributed by atoms with Gasteiger partial charge < -0.3 is 14.6 Å². The fourth-order valence-electron chi connectivity index (χ4n) is 4.64. The van der Waals surface area contributed by atoms with E-state index >= 15 is 0 Å². The molecule has 0 aliphatic carbocycles. The summed E-state index contributed by atoms with van der Waals surface area (Å²) in [5.74, 6) is -0.448. The van der Waals surface area contributed by atoms with Crippen LogP contribution in [0, 0.1) is 10.1 Å². The number of aromatic hydroxyl groups is 1. The first kappa shape index (κ1) is 24.7. The molecular weight excluding hydrogens is 468 g/mol. The maximum Gasteiger partial charge on any atom is 0.333 e. The molecule has 1 N–H and O–H groups in total. The van der Waals surface area contributed by atoms with Crippen LogP contribution in [0.3, 0.4) is 0 Å². The van der Waals surface area contributed by atoms with Crippen molar-refractivity contribution in [3.05, 3.63) is 89.6 Å². The molecule has 1 aromatic heterocycles. The second-order valence-electron chi connectivity index (χ2n) is 8.46. The molecule has 0 spiro atoms. The van der Waals surface area contributed by atoms with Gasteiger partial charge in [0.1, 0.15) is 0 Å². The van der Waals surface area contributed by atoms with Gasteiger partial charge in [0, 0.05) is 55.9 Å². The summed E-state index contributed by atoms with van der Waals surface area (Å²) in [7, 11) is 5.70. The fourth-order valence-corrected chi connectivity index (χ4v) is 4.64. The van der Waals surface area contributed by atoms with Gasteiger partial charge in [0.2, 0.25) is 5.88 Å². The largest absolute Gasteiger partial charge is 0.494 e. The summed E-state index contributed by atoms with van der Waals surface area (Å²) in [4.78, 5) is 41.7. The average molecular weight is 495 g/mol. The Hall–Kier alpha value is -4.41. The standard InChI is InChI=1S/C25H26N4O7/c1-27-23(30)22(24(31)28(2)25(27)32)17(15-7-5-6-8-19(15)29(33)34)12-18-16-13-21(36-4)20(35-3)11-14(16)9-10-26-18/h5-8,11,13,17,30H,9-10,12H2,1-4H3. The highest BCUT2D eigenvalue weighted by Crippen LogP contribution is 2.39. The quantitative estimate of drug-likeness (QED) is 0.393. The Labute approximate surface area is 206 Å². The Morgan fingerprint density at radius 2 is 1.78 bits per heavy atom. The minimum Gasteiger partial charge on any atom is -0.494 e.